The second-order valence-corrected chi connectivity index (χ2v) is 5.11. The maximum atomic E-state index is 12.8. The third-order valence-electron chi connectivity index (χ3n) is 3.78. The lowest BCUT2D eigenvalue weighted by molar-refractivity contribution is 0.0466. The van der Waals surface area contributed by atoms with Gasteiger partial charge in [0, 0.05) is 19.9 Å². The van der Waals surface area contributed by atoms with E-state index in [1.807, 2.05) is 10.7 Å². The fraction of sp³-hybridized carbons (Fsp3) is 0.500. The average Bonchev–Trinajstić information content (AvgIpc) is 3.15. The van der Waals surface area contributed by atoms with E-state index in [1.165, 1.54) is 13.2 Å². The lowest BCUT2D eigenvalue weighted by atomic mass is 10.1. The molecule has 3 rings (SSSR count). The summed E-state index contributed by atoms with van der Waals surface area (Å²) in [5, 5.41) is 7.96. The number of methoxy groups -OCH3 is 2. The molecule has 0 radical (unpaired) electrons. The second-order valence-electron chi connectivity index (χ2n) is 5.11. The van der Waals surface area contributed by atoms with Crippen molar-refractivity contribution in [1.82, 2.24) is 19.8 Å². The molecule has 0 aliphatic carbocycles. The van der Waals surface area contributed by atoms with Gasteiger partial charge in [0.25, 0.3) is 11.8 Å². The van der Waals surface area contributed by atoms with E-state index in [9.17, 15) is 4.79 Å². The minimum atomic E-state index is -0.229. The molecule has 118 valence electrons. The topological polar surface area (TPSA) is 82.6 Å². The first-order valence-corrected chi connectivity index (χ1v) is 7.04. The number of carbonyl (C=O) groups is 1. The molecule has 0 aromatic carbocycles. The Morgan fingerprint density at radius 2 is 2.36 bits per heavy atom. The largest absolute Gasteiger partial charge is 0.479 e. The first kappa shape index (κ1) is 14.6. The van der Waals surface area contributed by atoms with Crippen LogP contribution in [0, 0.1) is 0 Å². The molecule has 0 saturated heterocycles. The van der Waals surface area contributed by atoms with Crippen molar-refractivity contribution in [3.8, 4) is 5.88 Å². The smallest absolute Gasteiger partial charge is 0.293 e. The van der Waals surface area contributed by atoms with Crippen molar-refractivity contribution in [2.24, 2.45) is 0 Å². The molecule has 22 heavy (non-hydrogen) atoms. The highest BCUT2D eigenvalue weighted by atomic mass is 16.5. The molecule has 1 aliphatic heterocycles. The van der Waals surface area contributed by atoms with Gasteiger partial charge in [0.05, 0.1) is 38.1 Å². The van der Waals surface area contributed by atoms with Crippen LogP contribution in [0.4, 0.5) is 0 Å². The Morgan fingerprint density at radius 3 is 3.09 bits per heavy atom. The molecule has 2 aromatic heterocycles. The van der Waals surface area contributed by atoms with Crippen LogP contribution in [-0.4, -0.2) is 52.6 Å². The van der Waals surface area contributed by atoms with Gasteiger partial charge in [-0.2, -0.15) is 5.10 Å². The zero-order chi connectivity index (χ0) is 15.5. The molecule has 0 fully saturated rings. The number of aromatic nitrogens is 3. The molecule has 1 amide bonds. The van der Waals surface area contributed by atoms with Crippen molar-refractivity contribution in [2.75, 3.05) is 20.8 Å². The molecular formula is C14H18N4O4. The molecule has 0 saturated carbocycles. The van der Waals surface area contributed by atoms with Crippen LogP contribution < -0.4 is 4.74 Å². The molecule has 0 N–H and O–H groups in total. The standard InChI is InChI=1S/C14H18N4O4/c1-20-9-11-4-6-18-10(3-5-15-18)8-17(11)14(19)12-7-13(21-2)16-22-12/h3,5,7,11H,4,6,8-9H2,1-2H3. The third kappa shape index (κ3) is 2.69. The fourth-order valence-corrected chi connectivity index (χ4v) is 2.63. The Morgan fingerprint density at radius 1 is 1.50 bits per heavy atom. The summed E-state index contributed by atoms with van der Waals surface area (Å²) in [4.78, 5) is 14.5. The summed E-state index contributed by atoms with van der Waals surface area (Å²) < 4.78 is 17.2. The van der Waals surface area contributed by atoms with E-state index >= 15 is 0 Å². The average molecular weight is 306 g/mol. The molecule has 1 unspecified atom stereocenters. The predicted molar refractivity (Wildman–Crippen MR) is 75.4 cm³/mol. The SMILES string of the molecule is COCC1CCn2nccc2CN1C(=O)c1cc(OC)no1. The van der Waals surface area contributed by atoms with Crippen LogP contribution >= 0.6 is 0 Å². The van der Waals surface area contributed by atoms with Crippen molar-refractivity contribution >= 4 is 5.91 Å². The second kappa shape index (κ2) is 6.18. The van der Waals surface area contributed by atoms with Crippen molar-refractivity contribution < 1.29 is 18.8 Å². The number of hydrogen-bond acceptors (Lipinski definition) is 6. The number of fused-ring (bicyclic) bond motifs is 1. The minimum absolute atomic E-state index is 0.0460. The third-order valence-corrected chi connectivity index (χ3v) is 3.78. The summed E-state index contributed by atoms with van der Waals surface area (Å²) >= 11 is 0. The Kier molecular flexibility index (Phi) is 4.10. The van der Waals surface area contributed by atoms with Gasteiger partial charge in [-0.15, -0.1) is 0 Å². The maximum Gasteiger partial charge on any atom is 0.293 e. The first-order valence-electron chi connectivity index (χ1n) is 7.04. The first-order chi connectivity index (χ1) is 10.7. The quantitative estimate of drug-likeness (QED) is 0.836. The van der Waals surface area contributed by atoms with Crippen molar-refractivity contribution in [2.45, 2.75) is 25.6 Å². The zero-order valence-corrected chi connectivity index (χ0v) is 12.6. The number of ether oxygens (including phenoxy) is 2. The molecule has 8 nitrogen and oxygen atoms in total. The summed E-state index contributed by atoms with van der Waals surface area (Å²) in [6.45, 7) is 1.66. The highest BCUT2D eigenvalue weighted by Gasteiger charge is 2.31. The monoisotopic (exact) mass is 306 g/mol. The van der Waals surface area contributed by atoms with Crippen LogP contribution in [0.3, 0.4) is 0 Å². The van der Waals surface area contributed by atoms with Gasteiger partial charge >= 0.3 is 0 Å². The van der Waals surface area contributed by atoms with Gasteiger partial charge in [0.1, 0.15) is 0 Å². The zero-order valence-electron chi connectivity index (χ0n) is 12.6. The van der Waals surface area contributed by atoms with Gasteiger partial charge in [-0.25, -0.2) is 0 Å². The minimum Gasteiger partial charge on any atom is -0.479 e. The van der Waals surface area contributed by atoms with Crippen molar-refractivity contribution in [3.05, 3.63) is 29.8 Å². The predicted octanol–water partition coefficient (Wildman–Crippen LogP) is 0.941. The highest BCUT2D eigenvalue weighted by Crippen LogP contribution is 2.21. The van der Waals surface area contributed by atoms with E-state index in [2.05, 4.69) is 10.3 Å². The summed E-state index contributed by atoms with van der Waals surface area (Å²) in [6.07, 6.45) is 2.51. The number of rotatable bonds is 4. The highest BCUT2D eigenvalue weighted by molar-refractivity contribution is 5.91. The Bertz CT molecular complexity index is 651. The van der Waals surface area contributed by atoms with Crippen molar-refractivity contribution in [1.29, 1.82) is 0 Å². The molecular weight excluding hydrogens is 288 g/mol. The normalized spacial score (nSPS) is 17.9. The van der Waals surface area contributed by atoms with Crippen LogP contribution in [0.25, 0.3) is 0 Å². The number of amides is 1. The number of aryl methyl sites for hydroxylation is 1. The van der Waals surface area contributed by atoms with Crippen molar-refractivity contribution in [3.63, 3.8) is 0 Å². The van der Waals surface area contributed by atoms with Crippen LogP contribution in [-0.2, 0) is 17.8 Å². The van der Waals surface area contributed by atoms with Gasteiger partial charge in [-0.1, -0.05) is 0 Å². The van der Waals surface area contributed by atoms with E-state index in [0.29, 0.717) is 13.2 Å². The molecule has 1 aliphatic rings. The molecule has 0 spiro atoms. The maximum absolute atomic E-state index is 12.8. The van der Waals surface area contributed by atoms with Crippen LogP contribution in [0.5, 0.6) is 5.88 Å². The van der Waals surface area contributed by atoms with E-state index in [0.717, 1.165) is 18.7 Å². The fourth-order valence-electron chi connectivity index (χ4n) is 2.63. The molecule has 8 heteroatoms. The molecule has 3 heterocycles. The van der Waals surface area contributed by atoms with Gasteiger partial charge < -0.3 is 18.9 Å². The summed E-state index contributed by atoms with van der Waals surface area (Å²) in [6, 6.07) is 3.36. The number of hydrogen-bond donors (Lipinski definition) is 0. The van der Waals surface area contributed by atoms with Gasteiger partial charge in [-0.3, -0.25) is 9.48 Å². The summed E-state index contributed by atoms with van der Waals surface area (Å²) in [5.41, 5.74) is 0.985. The molecule has 2 aromatic rings. The van der Waals surface area contributed by atoms with Gasteiger partial charge in [0.15, 0.2) is 0 Å². The number of nitrogens with zero attached hydrogens (tertiary/aromatic N) is 4. The van der Waals surface area contributed by atoms with Crippen LogP contribution in [0.2, 0.25) is 0 Å². The molecule has 0 bridgehead atoms. The van der Waals surface area contributed by atoms with Gasteiger partial charge in [-0.05, 0) is 17.6 Å². The van der Waals surface area contributed by atoms with E-state index in [4.69, 9.17) is 14.0 Å². The lowest BCUT2D eigenvalue weighted by Gasteiger charge is -2.28. The summed E-state index contributed by atoms with van der Waals surface area (Å²) in [7, 11) is 3.11. The molecule has 1 atom stereocenters. The Hall–Kier alpha value is -2.35. The van der Waals surface area contributed by atoms with Crippen LogP contribution in [0.1, 0.15) is 22.7 Å². The van der Waals surface area contributed by atoms with E-state index in [-0.39, 0.29) is 23.6 Å². The van der Waals surface area contributed by atoms with E-state index in [1.54, 1.807) is 18.2 Å². The van der Waals surface area contributed by atoms with E-state index < -0.39 is 0 Å². The summed E-state index contributed by atoms with van der Waals surface area (Å²) in [5.74, 6) is 0.213. The van der Waals surface area contributed by atoms with Crippen LogP contribution in [0.15, 0.2) is 22.9 Å². The Labute approximate surface area is 127 Å². The lowest BCUT2D eigenvalue weighted by Crippen LogP contribution is -2.41. The van der Waals surface area contributed by atoms with Gasteiger partial charge in [0.2, 0.25) is 5.76 Å². The number of carbonyl (C=O) groups excluding carboxylic acids is 1. The Balaban J connectivity index is 1.87.